The maximum absolute atomic E-state index is 12.6. The van der Waals surface area contributed by atoms with Crippen molar-refractivity contribution in [3.63, 3.8) is 0 Å². The van der Waals surface area contributed by atoms with Crippen molar-refractivity contribution in [3.05, 3.63) is 29.8 Å². The van der Waals surface area contributed by atoms with Crippen molar-refractivity contribution in [1.82, 2.24) is 0 Å². The van der Waals surface area contributed by atoms with Gasteiger partial charge in [-0.05, 0) is 18.2 Å². The van der Waals surface area contributed by atoms with Crippen LogP contribution in [-0.4, -0.2) is 18.9 Å². The molecule has 1 unspecified atom stereocenters. The van der Waals surface area contributed by atoms with Crippen LogP contribution in [0.1, 0.15) is 18.9 Å². The summed E-state index contributed by atoms with van der Waals surface area (Å²) >= 11 is 0. The van der Waals surface area contributed by atoms with Crippen LogP contribution in [0.15, 0.2) is 24.3 Å². The second-order valence-corrected chi connectivity index (χ2v) is 4.61. The molecule has 0 aliphatic carbocycles. The number of carbonyl (C=O) groups is 1. The highest BCUT2D eigenvalue weighted by molar-refractivity contribution is 5.83. The number of alkyl halides is 3. The van der Waals surface area contributed by atoms with Crippen molar-refractivity contribution in [2.24, 2.45) is 5.92 Å². The van der Waals surface area contributed by atoms with Crippen LogP contribution < -0.4 is 4.90 Å². The summed E-state index contributed by atoms with van der Waals surface area (Å²) in [5, 5.41) is 0. The SMILES string of the molecule is CC1CN(c2cccc(C(F)(F)F)c2)CCC1=O. The maximum Gasteiger partial charge on any atom is 0.416 e. The highest BCUT2D eigenvalue weighted by Crippen LogP contribution is 2.32. The first-order valence-corrected chi connectivity index (χ1v) is 5.83. The van der Waals surface area contributed by atoms with E-state index in [1.165, 1.54) is 6.07 Å². The zero-order valence-electron chi connectivity index (χ0n) is 10.00. The number of Topliss-reactive ketones (excluding diaryl/α,β-unsaturated/α-hetero) is 1. The summed E-state index contributed by atoms with van der Waals surface area (Å²) in [7, 11) is 0. The summed E-state index contributed by atoms with van der Waals surface area (Å²) in [6.45, 7) is 2.78. The Morgan fingerprint density at radius 3 is 2.67 bits per heavy atom. The molecule has 1 aromatic rings. The predicted octanol–water partition coefficient (Wildman–Crippen LogP) is 3.12. The Labute approximate surface area is 103 Å². The number of benzene rings is 1. The fourth-order valence-electron chi connectivity index (χ4n) is 2.13. The van der Waals surface area contributed by atoms with Crippen LogP contribution in [0.4, 0.5) is 18.9 Å². The lowest BCUT2D eigenvalue weighted by molar-refractivity contribution is -0.137. The van der Waals surface area contributed by atoms with Crippen LogP contribution in [0.2, 0.25) is 0 Å². The van der Waals surface area contributed by atoms with E-state index in [2.05, 4.69) is 0 Å². The third-order valence-electron chi connectivity index (χ3n) is 3.21. The normalized spacial score (nSPS) is 21.2. The number of piperidine rings is 1. The highest BCUT2D eigenvalue weighted by Gasteiger charge is 2.31. The third-order valence-corrected chi connectivity index (χ3v) is 3.21. The van der Waals surface area contributed by atoms with Crippen LogP contribution in [0.3, 0.4) is 0 Å². The second-order valence-electron chi connectivity index (χ2n) is 4.61. The molecule has 5 heteroatoms. The molecule has 0 amide bonds. The lowest BCUT2D eigenvalue weighted by atomic mass is 9.98. The van der Waals surface area contributed by atoms with E-state index in [9.17, 15) is 18.0 Å². The minimum atomic E-state index is -4.33. The lowest BCUT2D eigenvalue weighted by Crippen LogP contribution is -2.39. The number of ketones is 1. The van der Waals surface area contributed by atoms with Gasteiger partial charge in [-0.2, -0.15) is 13.2 Å². The molecule has 0 spiro atoms. The minimum Gasteiger partial charge on any atom is -0.370 e. The van der Waals surface area contributed by atoms with Gasteiger partial charge in [-0.3, -0.25) is 4.79 Å². The molecule has 2 rings (SSSR count). The quantitative estimate of drug-likeness (QED) is 0.770. The van der Waals surface area contributed by atoms with Crippen LogP contribution in [0.5, 0.6) is 0 Å². The molecule has 0 saturated carbocycles. The standard InChI is InChI=1S/C13H14F3NO/c1-9-8-17(6-5-12(9)18)11-4-2-3-10(7-11)13(14,15)16/h2-4,7,9H,5-6,8H2,1H3. The van der Waals surface area contributed by atoms with Crippen molar-refractivity contribution < 1.29 is 18.0 Å². The number of carbonyl (C=O) groups excluding carboxylic acids is 1. The molecule has 98 valence electrons. The summed E-state index contributed by atoms with van der Waals surface area (Å²) < 4.78 is 37.8. The second kappa shape index (κ2) is 4.63. The molecule has 1 aliphatic rings. The Morgan fingerprint density at radius 1 is 1.33 bits per heavy atom. The number of hydrogen-bond donors (Lipinski definition) is 0. The van der Waals surface area contributed by atoms with E-state index in [0.29, 0.717) is 25.2 Å². The Morgan fingerprint density at radius 2 is 2.06 bits per heavy atom. The van der Waals surface area contributed by atoms with E-state index in [1.54, 1.807) is 6.07 Å². The van der Waals surface area contributed by atoms with Gasteiger partial charge < -0.3 is 4.90 Å². The molecule has 1 fully saturated rings. The smallest absolute Gasteiger partial charge is 0.370 e. The largest absolute Gasteiger partial charge is 0.416 e. The van der Waals surface area contributed by atoms with Crippen LogP contribution in [0.25, 0.3) is 0 Å². The molecule has 1 saturated heterocycles. The van der Waals surface area contributed by atoms with E-state index in [4.69, 9.17) is 0 Å². The van der Waals surface area contributed by atoms with Gasteiger partial charge in [0.25, 0.3) is 0 Å². The molecule has 1 atom stereocenters. The maximum atomic E-state index is 12.6. The first-order chi connectivity index (χ1) is 8.38. The molecule has 1 aliphatic heterocycles. The predicted molar refractivity (Wildman–Crippen MR) is 62.4 cm³/mol. The van der Waals surface area contributed by atoms with E-state index in [1.807, 2.05) is 11.8 Å². The zero-order valence-corrected chi connectivity index (χ0v) is 10.00. The van der Waals surface area contributed by atoms with Gasteiger partial charge >= 0.3 is 6.18 Å². The average Bonchev–Trinajstić information content (AvgIpc) is 2.32. The van der Waals surface area contributed by atoms with E-state index < -0.39 is 11.7 Å². The number of nitrogens with zero attached hydrogens (tertiary/aromatic N) is 1. The fraction of sp³-hybridized carbons (Fsp3) is 0.462. The van der Waals surface area contributed by atoms with Crippen LogP contribution in [0, 0.1) is 5.92 Å². The molecule has 1 aromatic carbocycles. The summed E-state index contributed by atoms with van der Waals surface area (Å²) in [5.74, 6) is 0.0616. The monoisotopic (exact) mass is 257 g/mol. The van der Waals surface area contributed by atoms with Gasteiger partial charge in [0, 0.05) is 31.1 Å². The molecular formula is C13H14F3NO. The Hall–Kier alpha value is -1.52. The van der Waals surface area contributed by atoms with Gasteiger partial charge in [-0.1, -0.05) is 13.0 Å². The van der Waals surface area contributed by atoms with Crippen LogP contribution in [-0.2, 0) is 11.0 Å². The molecule has 0 radical (unpaired) electrons. The van der Waals surface area contributed by atoms with E-state index in [0.717, 1.165) is 12.1 Å². The number of rotatable bonds is 1. The van der Waals surface area contributed by atoms with E-state index in [-0.39, 0.29) is 11.7 Å². The van der Waals surface area contributed by atoms with Gasteiger partial charge in [-0.15, -0.1) is 0 Å². The van der Waals surface area contributed by atoms with Crippen LogP contribution >= 0.6 is 0 Å². The third kappa shape index (κ3) is 2.66. The van der Waals surface area contributed by atoms with Gasteiger partial charge in [0.2, 0.25) is 0 Å². The zero-order chi connectivity index (χ0) is 13.3. The van der Waals surface area contributed by atoms with Crippen molar-refractivity contribution in [3.8, 4) is 0 Å². The molecule has 2 nitrogen and oxygen atoms in total. The Kier molecular flexibility index (Phi) is 3.32. The van der Waals surface area contributed by atoms with E-state index >= 15 is 0 Å². The molecular weight excluding hydrogens is 243 g/mol. The fourth-order valence-corrected chi connectivity index (χ4v) is 2.13. The van der Waals surface area contributed by atoms with Crippen molar-refractivity contribution >= 4 is 11.5 Å². The van der Waals surface area contributed by atoms with Gasteiger partial charge in [0.05, 0.1) is 5.56 Å². The minimum absolute atomic E-state index is 0.117. The topological polar surface area (TPSA) is 20.3 Å². The summed E-state index contributed by atoms with van der Waals surface area (Å²) in [5.41, 5.74) is -0.117. The van der Waals surface area contributed by atoms with Crippen molar-refractivity contribution in [2.75, 3.05) is 18.0 Å². The van der Waals surface area contributed by atoms with Gasteiger partial charge in [0.15, 0.2) is 0 Å². The Bertz CT molecular complexity index is 456. The first-order valence-electron chi connectivity index (χ1n) is 5.83. The van der Waals surface area contributed by atoms with Crippen molar-refractivity contribution in [2.45, 2.75) is 19.5 Å². The van der Waals surface area contributed by atoms with Gasteiger partial charge in [-0.25, -0.2) is 0 Å². The summed E-state index contributed by atoms with van der Waals surface area (Å²) in [6, 6.07) is 5.25. The summed E-state index contributed by atoms with van der Waals surface area (Å²) in [6.07, 6.45) is -3.93. The first kappa shape index (κ1) is 12.9. The summed E-state index contributed by atoms with van der Waals surface area (Å²) in [4.78, 5) is 13.2. The number of halogens is 3. The molecule has 1 heterocycles. The number of hydrogen-bond acceptors (Lipinski definition) is 2. The van der Waals surface area contributed by atoms with Gasteiger partial charge in [0.1, 0.15) is 5.78 Å². The average molecular weight is 257 g/mol. The molecule has 0 N–H and O–H groups in total. The molecule has 0 aromatic heterocycles. The molecule has 0 bridgehead atoms. The van der Waals surface area contributed by atoms with Crippen molar-refractivity contribution in [1.29, 1.82) is 0 Å². The highest BCUT2D eigenvalue weighted by atomic mass is 19.4. The Balaban J connectivity index is 2.21. The number of anilines is 1. The lowest BCUT2D eigenvalue weighted by Gasteiger charge is -2.32. The molecule has 18 heavy (non-hydrogen) atoms.